The van der Waals surface area contributed by atoms with Gasteiger partial charge in [0.2, 0.25) is 5.91 Å². The highest BCUT2D eigenvalue weighted by Crippen LogP contribution is 2.29. The van der Waals surface area contributed by atoms with E-state index in [0.717, 1.165) is 18.4 Å². The Labute approximate surface area is 185 Å². The van der Waals surface area contributed by atoms with Crippen LogP contribution in [0.5, 0.6) is 0 Å². The van der Waals surface area contributed by atoms with E-state index in [1.165, 1.54) is 11.3 Å². The second-order valence-corrected chi connectivity index (χ2v) is 9.11. The van der Waals surface area contributed by atoms with Crippen molar-refractivity contribution in [3.05, 3.63) is 46.4 Å². The summed E-state index contributed by atoms with van der Waals surface area (Å²) in [5, 5.41) is 16.3. The van der Waals surface area contributed by atoms with Crippen LogP contribution in [0.3, 0.4) is 0 Å². The highest BCUT2D eigenvalue weighted by Gasteiger charge is 2.38. The van der Waals surface area contributed by atoms with E-state index in [4.69, 9.17) is 21.1 Å². The molecular formula is C21H26ClN3O4S. The number of aliphatic hydroxyl groups is 1. The van der Waals surface area contributed by atoms with Crippen LogP contribution >= 0.6 is 22.9 Å². The number of benzene rings is 1. The van der Waals surface area contributed by atoms with Gasteiger partial charge in [-0.05, 0) is 30.5 Å². The topological polar surface area (TPSA) is 83.9 Å². The molecule has 9 heteroatoms. The van der Waals surface area contributed by atoms with Gasteiger partial charge in [-0.2, -0.15) is 0 Å². The van der Waals surface area contributed by atoms with Crippen molar-refractivity contribution in [2.45, 2.75) is 50.2 Å². The van der Waals surface area contributed by atoms with Crippen LogP contribution in [0.2, 0.25) is 5.02 Å². The number of aliphatic hydroxyl groups excluding tert-OH is 1. The van der Waals surface area contributed by atoms with Crippen molar-refractivity contribution in [1.82, 2.24) is 9.88 Å². The van der Waals surface area contributed by atoms with E-state index in [1.807, 2.05) is 29.6 Å². The number of halogens is 1. The molecule has 4 rings (SSSR count). The molecule has 162 valence electrons. The van der Waals surface area contributed by atoms with Crippen LogP contribution < -0.4 is 5.32 Å². The number of β-amino-alcohol motifs (C(OH)–C–C–N with tert-alkyl or cyclic N) is 1. The van der Waals surface area contributed by atoms with Gasteiger partial charge in [0.05, 0.1) is 37.9 Å². The molecule has 2 aromatic rings. The zero-order valence-electron chi connectivity index (χ0n) is 16.6. The molecule has 1 aromatic carbocycles. The number of thiazole rings is 1. The van der Waals surface area contributed by atoms with E-state index in [9.17, 15) is 9.90 Å². The van der Waals surface area contributed by atoms with E-state index < -0.39 is 6.10 Å². The summed E-state index contributed by atoms with van der Waals surface area (Å²) >= 11 is 7.41. The fraction of sp³-hybridized carbons (Fsp3) is 0.524. The van der Waals surface area contributed by atoms with Gasteiger partial charge in [0.1, 0.15) is 0 Å². The van der Waals surface area contributed by atoms with Gasteiger partial charge in [-0.25, -0.2) is 4.98 Å². The number of carbonyl (C=O) groups is 1. The van der Waals surface area contributed by atoms with Crippen LogP contribution in [0.4, 0.5) is 5.13 Å². The van der Waals surface area contributed by atoms with E-state index in [0.29, 0.717) is 36.3 Å². The molecule has 0 spiro atoms. The third kappa shape index (κ3) is 5.78. The molecule has 0 bridgehead atoms. The lowest BCUT2D eigenvalue weighted by Gasteiger charge is -2.44. The molecule has 0 saturated carbocycles. The highest BCUT2D eigenvalue weighted by molar-refractivity contribution is 7.13. The summed E-state index contributed by atoms with van der Waals surface area (Å²) in [6.45, 7) is 1.90. The number of hydrogen-bond acceptors (Lipinski definition) is 7. The quantitative estimate of drug-likeness (QED) is 0.727. The Balaban J connectivity index is 1.39. The lowest BCUT2D eigenvalue weighted by Crippen LogP contribution is -2.55. The van der Waals surface area contributed by atoms with Crippen LogP contribution in [0.1, 0.15) is 24.8 Å². The molecule has 0 aliphatic carbocycles. The van der Waals surface area contributed by atoms with Crippen molar-refractivity contribution in [2.75, 3.05) is 25.1 Å². The molecular weight excluding hydrogens is 426 g/mol. The Morgan fingerprint density at radius 3 is 2.90 bits per heavy atom. The number of hydrogen-bond donors (Lipinski definition) is 2. The highest BCUT2D eigenvalue weighted by atomic mass is 35.5. The lowest BCUT2D eigenvalue weighted by molar-refractivity contribution is -0.156. The maximum atomic E-state index is 12.3. The number of rotatable bonds is 5. The molecule has 7 nitrogen and oxygen atoms in total. The molecule has 2 N–H and O–H groups in total. The summed E-state index contributed by atoms with van der Waals surface area (Å²) in [5.41, 5.74) is 1.14. The summed E-state index contributed by atoms with van der Waals surface area (Å²) in [6, 6.07) is 7.90. The van der Waals surface area contributed by atoms with Gasteiger partial charge in [-0.1, -0.05) is 23.7 Å². The van der Waals surface area contributed by atoms with Gasteiger partial charge >= 0.3 is 0 Å². The SMILES string of the molecule is O=C(C[C@@H]1CC[C@H]2[C@@H](COC[C@H](O)CN2Cc2ccc(Cl)cc2)O1)Nc1nccs1. The van der Waals surface area contributed by atoms with Crippen LogP contribution in [0.25, 0.3) is 0 Å². The number of amides is 1. The maximum Gasteiger partial charge on any atom is 0.228 e. The van der Waals surface area contributed by atoms with Gasteiger partial charge in [0.25, 0.3) is 0 Å². The normalized spacial score (nSPS) is 27.7. The number of nitrogens with zero attached hydrogens (tertiary/aromatic N) is 2. The van der Waals surface area contributed by atoms with Gasteiger partial charge in [-0.3, -0.25) is 9.69 Å². The second-order valence-electron chi connectivity index (χ2n) is 7.78. The molecule has 1 amide bonds. The molecule has 2 fully saturated rings. The molecule has 2 aliphatic rings. The van der Waals surface area contributed by atoms with Crippen molar-refractivity contribution in [3.8, 4) is 0 Å². The van der Waals surface area contributed by atoms with Crippen molar-refractivity contribution in [1.29, 1.82) is 0 Å². The van der Waals surface area contributed by atoms with Crippen molar-refractivity contribution < 1.29 is 19.4 Å². The lowest BCUT2D eigenvalue weighted by atomic mass is 9.94. The summed E-state index contributed by atoms with van der Waals surface area (Å²) in [7, 11) is 0. The Bertz CT molecular complexity index is 820. The number of aromatic nitrogens is 1. The Kier molecular flexibility index (Phi) is 7.35. The number of ether oxygens (including phenoxy) is 2. The van der Waals surface area contributed by atoms with E-state index >= 15 is 0 Å². The maximum absolute atomic E-state index is 12.3. The number of carbonyl (C=O) groups excluding carboxylic acids is 1. The van der Waals surface area contributed by atoms with Crippen LogP contribution in [-0.4, -0.2) is 65.0 Å². The first-order chi connectivity index (χ1) is 14.6. The molecule has 2 saturated heterocycles. The first-order valence-electron chi connectivity index (χ1n) is 10.2. The molecule has 0 unspecified atom stereocenters. The molecule has 30 heavy (non-hydrogen) atoms. The van der Waals surface area contributed by atoms with E-state index in [1.54, 1.807) is 6.20 Å². The van der Waals surface area contributed by atoms with E-state index in [-0.39, 0.29) is 30.8 Å². The Morgan fingerprint density at radius 1 is 1.30 bits per heavy atom. The van der Waals surface area contributed by atoms with E-state index in [2.05, 4.69) is 15.2 Å². The summed E-state index contributed by atoms with van der Waals surface area (Å²) < 4.78 is 12.0. The third-order valence-corrected chi connectivity index (χ3v) is 6.42. The van der Waals surface area contributed by atoms with Gasteiger partial charge in [0.15, 0.2) is 5.13 Å². The van der Waals surface area contributed by atoms with Crippen molar-refractivity contribution in [2.24, 2.45) is 0 Å². The fourth-order valence-electron chi connectivity index (χ4n) is 4.11. The molecule has 2 aliphatic heterocycles. The largest absolute Gasteiger partial charge is 0.389 e. The Hall–Kier alpha value is -1.55. The predicted molar refractivity (Wildman–Crippen MR) is 116 cm³/mol. The first-order valence-corrected chi connectivity index (χ1v) is 11.4. The standard InChI is InChI=1S/C21H26ClN3O4S/c22-15-3-1-14(2-4-15)10-25-11-16(26)12-28-13-19-18(25)6-5-17(29-19)9-20(27)24-21-23-7-8-30-21/h1-4,7-8,16-19,26H,5-6,9-13H2,(H,23,24,27)/t16-,17+,18+,19-/m1/s1. The smallest absolute Gasteiger partial charge is 0.228 e. The summed E-state index contributed by atoms with van der Waals surface area (Å²) in [5.74, 6) is -0.0893. The number of fused-ring (bicyclic) bond motifs is 1. The first kappa shape index (κ1) is 21.7. The van der Waals surface area contributed by atoms with Crippen LogP contribution in [0.15, 0.2) is 35.8 Å². The fourth-order valence-corrected chi connectivity index (χ4v) is 4.79. The predicted octanol–water partition coefficient (Wildman–Crippen LogP) is 2.93. The van der Waals surface area contributed by atoms with Crippen LogP contribution in [-0.2, 0) is 20.8 Å². The second kappa shape index (κ2) is 10.2. The van der Waals surface area contributed by atoms with Crippen molar-refractivity contribution >= 4 is 34.0 Å². The number of anilines is 1. The zero-order chi connectivity index (χ0) is 20.9. The average molecular weight is 452 g/mol. The summed E-state index contributed by atoms with van der Waals surface area (Å²) in [6.07, 6.45) is 2.77. The monoisotopic (exact) mass is 451 g/mol. The summed E-state index contributed by atoms with van der Waals surface area (Å²) in [4.78, 5) is 18.7. The Morgan fingerprint density at radius 2 is 2.13 bits per heavy atom. The third-order valence-electron chi connectivity index (χ3n) is 5.48. The van der Waals surface area contributed by atoms with Crippen LogP contribution in [0, 0.1) is 0 Å². The minimum atomic E-state index is -0.542. The zero-order valence-corrected chi connectivity index (χ0v) is 18.1. The number of nitrogens with one attached hydrogen (secondary N) is 1. The van der Waals surface area contributed by atoms with Gasteiger partial charge in [0, 0.05) is 35.7 Å². The van der Waals surface area contributed by atoms with Gasteiger partial charge in [-0.15, -0.1) is 11.3 Å². The molecule has 0 radical (unpaired) electrons. The molecule has 4 atom stereocenters. The van der Waals surface area contributed by atoms with Crippen molar-refractivity contribution in [3.63, 3.8) is 0 Å². The average Bonchev–Trinajstić information content (AvgIpc) is 3.21. The van der Waals surface area contributed by atoms with Gasteiger partial charge < -0.3 is 19.9 Å². The minimum Gasteiger partial charge on any atom is -0.389 e. The molecule has 3 heterocycles. The molecule has 1 aromatic heterocycles. The minimum absolute atomic E-state index is 0.0893.